The first-order valence-electron chi connectivity index (χ1n) is 9.78. The molecule has 4 rings (SSSR count). The predicted octanol–water partition coefficient (Wildman–Crippen LogP) is 4.44. The number of fused-ring (bicyclic) bond motifs is 1. The van der Waals surface area contributed by atoms with Crippen LogP contribution in [0.5, 0.6) is 0 Å². The fraction of sp³-hybridized carbons (Fsp3) is 0.130. The number of methoxy groups -OCH3 is 1. The van der Waals surface area contributed by atoms with Crippen LogP contribution in [0, 0.1) is 12.7 Å². The molecule has 0 bridgehead atoms. The van der Waals surface area contributed by atoms with Crippen LogP contribution in [0.25, 0.3) is 22.8 Å². The average molecular weight is 491 g/mol. The highest BCUT2D eigenvalue weighted by Crippen LogP contribution is 2.42. The van der Waals surface area contributed by atoms with E-state index >= 15 is 0 Å². The number of carbonyl (C=O) groups excluding carboxylic acids is 2. The zero-order valence-corrected chi connectivity index (χ0v) is 18.2. The highest BCUT2D eigenvalue weighted by molar-refractivity contribution is 6.36. The van der Waals surface area contributed by atoms with Crippen molar-refractivity contribution in [3.05, 3.63) is 71.1 Å². The number of imidazole rings is 1. The molecule has 0 fully saturated rings. The van der Waals surface area contributed by atoms with Crippen molar-refractivity contribution < 1.29 is 41.8 Å². The Bertz CT molecular complexity index is 1330. The van der Waals surface area contributed by atoms with Crippen molar-refractivity contribution in [3.63, 3.8) is 0 Å². The van der Waals surface area contributed by atoms with Gasteiger partial charge in [-0.25, -0.2) is 19.0 Å². The van der Waals surface area contributed by atoms with Gasteiger partial charge >= 0.3 is 18.1 Å². The fourth-order valence-corrected chi connectivity index (χ4v) is 3.24. The van der Waals surface area contributed by atoms with Crippen LogP contribution in [0.15, 0.2) is 42.7 Å². The second-order valence-electron chi connectivity index (χ2n) is 7.13. The van der Waals surface area contributed by atoms with Crippen molar-refractivity contribution in [2.75, 3.05) is 12.4 Å². The van der Waals surface area contributed by atoms with E-state index in [-0.39, 0.29) is 11.5 Å². The molecule has 0 saturated heterocycles. The standard InChI is InChI=1S/C21H16FN3O3.C2HF3O2/c1-11-17(24-10-23-11)9-14-19-16(25-20(14)26)8-7-15(22)18(19)12-3-5-13(6-4-12)21(27)28-2;3-2(4,5)1(6)7/h3-10H,1-2H3,(H,23,24)(H,25,26);(H,6,7)/b14-9-;. The van der Waals surface area contributed by atoms with E-state index < -0.39 is 23.9 Å². The maximum absolute atomic E-state index is 14.8. The lowest BCUT2D eigenvalue weighted by molar-refractivity contribution is -0.192. The van der Waals surface area contributed by atoms with Gasteiger partial charge in [0.15, 0.2) is 0 Å². The van der Waals surface area contributed by atoms with E-state index in [0.29, 0.717) is 33.6 Å². The summed E-state index contributed by atoms with van der Waals surface area (Å²) in [6.45, 7) is 1.81. The van der Waals surface area contributed by atoms with Crippen LogP contribution in [0.4, 0.5) is 23.2 Å². The molecule has 35 heavy (non-hydrogen) atoms. The summed E-state index contributed by atoms with van der Waals surface area (Å²) in [6, 6.07) is 9.24. The first kappa shape index (κ1) is 25.1. The number of hydrogen-bond donors (Lipinski definition) is 3. The zero-order chi connectivity index (χ0) is 25.9. The lowest BCUT2D eigenvalue weighted by Gasteiger charge is -2.11. The molecular formula is C23H17F4N3O5. The van der Waals surface area contributed by atoms with Crippen molar-refractivity contribution in [1.29, 1.82) is 0 Å². The molecule has 0 atom stereocenters. The minimum absolute atomic E-state index is 0.288. The van der Waals surface area contributed by atoms with Gasteiger partial charge in [-0.15, -0.1) is 0 Å². The van der Waals surface area contributed by atoms with E-state index in [1.165, 1.54) is 25.6 Å². The molecule has 0 spiro atoms. The Morgan fingerprint density at radius 2 is 1.71 bits per heavy atom. The van der Waals surface area contributed by atoms with Crippen LogP contribution in [0.2, 0.25) is 0 Å². The smallest absolute Gasteiger partial charge is 0.475 e. The highest BCUT2D eigenvalue weighted by Gasteiger charge is 2.38. The third-order valence-electron chi connectivity index (χ3n) is 4.91. The number of H-pyrrole nitrogens is 1. The number of nitrogens with one attached hydrogen (secondary N) is 2. The molecule has 1 aliphatic rings. The number of aryl methyl sites for hydroxylation is 1. The number of aliphatic carboxylic acids is 1. The van der Waals surface area contributed by atoms with Gasteiger partial charge in [0.05, 0.1) is 36.0 Å². The lowest BCUT2D eigenvalue weighted by Crippen LogP contribution is -2.21. The number of hydrogen-bond acceptors (Lipinski definition) is 5. The van der Waals surface area contributed by atoms with Crippen LogP contribution < -0.4 is 5.32 Å². The van der Waals surface area contributed by atoms with Gasteiger partial charge in [0.25, 0.3) is 5.91 Å². The summed E-state index contributed by atoms with van der Waals surface area (Å²) in [5.41, 5.74) is 3.95. The van der Waals surface area contributed by atoms with Gasteiger partial charge in [0.1, 0.15) is 5.82 Å². The fourth-order valence-electron chi connectivity index (χ4n) is 3.24. The minimum atomic E-state index is -5.08. The van der Waals surface area contributed by atoms with Crippen LogP contribution >= 0.6 is 0 Å². The topological polar surface area (TPSA) is 121 Å². The van der Waals surface area contributed by atoms with E-state index in [4.69, 9.17) is 14.6 Å². The van der Waals surface area contributed by atoms with Crippen molar-refractivity contribution >= 4 is 35.2 Å². The molecule has 2 heterocycles. The molecule has 3 aromatic rings. The van der Waals surface area contributed by atoms with Crippen LogP contribution in [0.3, 0.4) is 0 Å². The number of benzene rings is 2. The van der Waals surface area contributed by atoms with Crippen LogP contribution in [-0.2, 0) is 14.3 Å². The summed E-state index contributed by atoms with van der Waals surface area (Å²) >= 11 is 0. The van der Waals surface area contributed by atoms with Crippen LogP contribution in [0.1, 0.15) is 27.3 Å². The molecule has 182 valence electrons. The van der Waals surface area contributed by atoms with Gasteiger partial charge in [0.2, 0.25) is 0 Å². The highest BCUT2D eigenvalue weighted by atomic mass is 19.4. The first-order valence-corrected chi connectivity index (χ1v) is 9.78. The van der Waals surface area contributed by atoms with E-state index in [0.717, 1.165) is 5.69 Å². The maximum atomic E-state index is 14.8. The lowest BCUT2D eigenvalue weighted by atomic mass is 9.93. The van der Waals surface area contributed by atoms with Crippen LogP contribution in [-0.4, -0.2) is 46.2 Å². The molecule has 1 amide bonds. The van der Waals surface area contributed by atoms with Crippen molar-refractivity contribution in [2.45, 2.75) is 13.1 Å². The SMILES string of the molecule is COC(=O)c1ccc(-c2c(F)ccc3c2/C(=C/c2[nH]cnc2C)C(=O)N3)cc1.O=C(O)C(F)(F)F. The minimum Gasteiger partial charge on any atom is -0.475 e. The Kier molecular flexibility index (Phi) is 7.04. The molecule has 1 aromatic heterocycles. The van der Waals surface area contributed by atoms with Gasteiger partial charge in [-0.05, 0) is 42.8 Å². The number of ether oxygens (including phenoxy) is 1. The Morgan fingerprint density at radius 1 is 1.09 bits per heavy atom. The van der Waals surface area contributed by atoms with Gasteiger partial charge < -0.3 is 20.1 Å². The second kappa shape index (κ2) is 9.79. The molecule has 8 nitrogen and oxygen atoms in total. The molecular weight excluding hydrogens is 474 g/mol. The zero-order valence-electron chi connectivity index (χ0n) is 18.2. The van der Waals surface area contributed by atoms with E-state index in [1.807, 2.05) is 6.92 Å². The summed E-state index contributed by atoms with van der Waals surface area (Å²) < 4.78 is 51.3. The average Bonchev–Trinajstić information content (AvgIpc) is 3.36. The Morgan fingerprint density at radius 3 is 2.23 bits per heavy atom. The van der Waals surface area contributed by atoms with E-state index in [2.05, 4.69) is 15.3 Å². The number of carboxylic acid groups (broad SMARTS) is 1. The third-order valence-corrected chi connectivity index (χ3v) is 4.91. The number of amides is 1. The Balaban J connectivity index is 0.000000429. The molecule has 2 aromatic carbocycles. The predicted molar refractivity (Wildman–Crippen MR) is 117 cm³/mol. The molecule has 0 unspecified atom stereocenters. The molecule has 1 aliphatic heterocycles. The first-order chi connectivity index (χ1) is 16.4. The van der Waals surface area contributed by atoms with Crippen molar-refractivity contribution in [2.24, 2.45) is 0 Å². The van der Waals surface area contributed by atoms with Crippen molar-refractivity contribution in [1.82, 2.24) is 9.97 Å². The number of halogens is 4. The van der Waals surface area contributed by atoms with Gasteiger partial charge in [-0.2, -0.15) is 13.2 Å². The number of rotatable bonds is 3. The number of alkyl halides is 3. The van der Waals surface area contributed by atoms with Crippen molar-refractivity contribution in [3.8, 4) is 11.1 Å². The summed E-state index contributed by atoms with van der Waals surface area (Å²) in [5.74, 6) is -4.01. The molecule has 3 N–H and O–H groups in total. The molecule has 12 heteroatoms. The molecule has 0 saturated carbocycles. The monoisotopic (exact) mass is 491 g/mol. The Labute approximate surface area is 195 Å². The van der Waals surface area contributed by atoms with Gasteiger partial charge in [-0.1, -0.05) is 12.1 Å². The number of aromatic nitrogens is 2. The second-order valence-corrected chi connectivity index (χ2v) is 7.13. The summed E-state index contributed by atoms with van der Waals surface area (Å²) in [6.07, 6.45) is -1.89. The molecule has 0 aliphatic carbocycles. The van der Waals surface area contributed by atoms with E-state index in [1.54, 1.807) is 30.3 Å². The number of nitrogens with zero attached hydrogens (tertiary/aromatic N) is 1. The maximum Gasteiger partial charge on any atom is 0.490 e. The van der Waals surface area contributed by atoms with Gasteiger partial charge in [0, 0.05) is 16.8 Å². The quantitative estimate of drug-likeness (QED) is 0.283. The largest absolute Gasteiger partial charge is 0.490 e. The number of carboxylic acids is 1. The summed E-state index contributed by atoms with van der Waals surface area (Å²) in [4.78, 5) is 40.2. The summed E-state index contributed by atoms with van der Waals surface area (Å²) in [5, 5.41) is 9.90. The Hall–Kier alpha value is -4.48. The normalized spacial score (nSPS) is 13.5. The summed E-state index contributed by atoms with van der Waals surface area (Å²) in [7, 11) is 1.30. The number of anilines is 1. The van der Waals surface area contributed by atoms with E-state index in [9.17, 15) is 27.2 Å². The third kappa shape index (κ3) is 5.37. The number of aromatic amines is 1. The number of carbonyl (C=O) groups is 3. The van der Waals surface area contributed by atoms with Gasteiger partial charge in [-0.3, -0.25) is 4.79 Å². The molecule has 0 radical (unpaired) electrons. The number of esters is 1.